The number of ether oxygens (including phenoxy) is 1. The molecule has 28 heavy (non-hydrogen) atoms. The smallest absolute Gasteiger partial charge is 0.192 e. The quantitative estimate of drug-likeness (QED) is 0.401. The summed E-state index contributed by atoms with van der Waals surface area (Å²) in [5.41, 5.74) is 0. The summed E-state index contributed by atoms with van der Waals surface area (Å²) in [6.45, 7) is 28.0. The van der Waals surface area contributed by atoms with Gasteiger partial charge >= 0.3 is 0 Å². The fourth-order valence-electron chi connectivity index (χ4n) is 2.52. The Bertz CT molecular complexity index is 452. The predicted molar refractivity (Wildman–Crippen MR) is 126 cm³/mol. The van der Waals surface area contributed by atoms with Gasteiger partial charge in [0.25, 0.3) is 0 Å². The van der Waals surface area contributed by atoms with Crippen LogP contribution < -0.4 is 0 Å². The van der Waals surface area contributed by atoms with Crippen LogP contribution in [0.15, 0.2) is 0 Å². The molecule has 6 heteroatoms. The van der Waals surface area contributed by atoms with Crippen LogP contribution in [0.3, 0.4) is 0 Å². The monoisotopic (exact) mass is 434 g/mol. The molecule has 0 aromatic heterocycles. The molecule has 4 atom stereocenters. The minimum Gasteiger partial charge on any atom is -0.416 e. The Morgan fingerprint density at radius 2 is 1.25 bits per heavy atom. The molecule has 0 aromatic carbocycles. The van der Waals surface area contributed by atoms with Gasteiger partial charge in [-0.3, -0.25) is 0 Å². The first kappa shape index (κ1) is 28.3. The third-order valence-corrected chi connectivity index (χ3v) is 16.1. The van der Waals surface area contributed by atoms with Crippen molar-refractivity contribution >= 4 is 16.6 Å². The minimum absolute atomic E-state index is 0.0184. The van der Waals surface area contributed by atoms with E-state index in [0.29, 0.717) is 6.61 Å². The molecule has 0 unspecified atom stereocenters. The van der Waals surface area contributed by atoms with Crippen LogP contribution in [0.25, 0.3) is 0 Å². The number of aliphatic hydroxyl groups is 1. The van der Waals surface area contributed by atoms with E-state index in [2.05, 4.69) is 74.7 Å². The van der Waals surface area contributed by atoms with Crippen molar-refractivity contribution in [3.05, 3.63) is 0 Å². The van der Waals surface area contributed by atoms with E-state index < -0.39 is 16.6 Å². The summed E-state index contributed by atoms with van der Waals surface area (Å²) in [5.74, 6) is 0.357. The predicted octanol–water partition coefficient (Wildman–Crippen LogP) is 6.07. The number of methoxy groups -OCH3 is 1. The zero-order valence-electron chi connectivity index (χ0n) is 21.1. The summed E-state index contributed by atoms with van der Waals surface area (Å²) >= 11 is 0. The molecule has 0 rings (SSSR count). The summed E-state index contributed by atoms with van der Waals surface area (Å²) in [6.07, 6.45) is 0.826. The first-order valence-corrected chi connectivity index (χ1v) is 16.7. The molecule has 0 spiro atoms. The Morgan fingerprint density at radius 3 is 1.61 bits per heavy atom. The van der Waals surface area contributed by atoms with E-state index in [1.165, 1.54) is 0 Å². The van der Waals surface area contributed by atoms with Crippen molar-refractivity contribution in [1.82, 2.24) is 0 Å². The van der Waals surface area contributed by atoms with Crippen LogP contribution in [0.1, 0.15) is 61.8 Å². The number of aliphatic hydroxyl groups excluding tert-OH is 1. The molecule has 170 valence electrons. The molecular formula is C22H50O4Si2. The maximum Gasteiger partial charge on any atom is 0.192 e. The van der Waals surface area contributed by atoms with Gasteiger partial charge in [-0.1, -0.05) is 55.4 Å². The van der Waals surface area contributed by atoms with Crippen molar-refractivity contribution in [2.75, 3.05) is 20.3 Å². The van der Waals surface area contributed by atoms with Gasteiger partial charge < -0.3 is 18.7 Å². The SMILES string of the molecule is CO[C@@H](C[C@H](O[Si](C)(C)C(C)(C)C)[C@H](C)CO[Si](C)(C)C(C)(C)C)[C@@H](C)CO. The lowest BCUT2D eigenvalue weighted by Crippen LogP contribution is -2.48. The Labute approximate surface area is 178 Å². The highest BCUT2D eigenvalue weighted by atomic mass is 28.4. The third-order valence-electron chi connectivity index (χ3n) is 7.09. The molecule has 0 bridgehead atoms. The zero-order chi connectivity index (χ0) is 22.6. The summed E-state index contributed by atoms with van der Waals surface area (Å²) in [4.78, 5) is 0. The van der Waals surface area contributed by atoms with E-state index in [-0.39, 0.29) is 40.7 Å². The molecule has 1 N–H and O–H groups in total. The Balaban J connectivity index is 5.47. The highest BCUT2D eigenvalue weighted by Crippen LogP contribution is 2.40. The molecule has 0 saturated heterocycles. The molecule has 4 nitrogen and oxygen atoms in total. The van der Waals surface area contributed by atoms with Gasteiger partial charge in [0, 0.05) is 32.2 Å². The highest BCUT2D eigenvalue weighted by Gasteiger charge is 2.42. The fourth-order valence-corrected chi connectivity index (χ4v) is 5.07. The van der Waals surface area contributed by atoms with Crippen molar-refractivity contribution in [3.63, 3.8) is 0 Å². The van der Waals surface area contributed by atoms with E-state index in [1.54, 1.807) is 7.11 Å². The Kier molecular flexibility index (Phi) is 10.6. The molecule has 0 aliphatic heterocycles. The highest BCUT2D eigenvalue weighted by molar-refractivity contribution is 6.74. The van der Waals surface area contributed by atoms with Gasteiger partial charge in [0.15, 0.2) is 16.6 Å². The lowest BCUT2D eigenvalue weighted by Gasteiger charge is -2.43. The van der Waals surface area contributed by atoms with Gasteiger partial charge in [0.2, 0.25) is 0 Å². The first-order valence-electron chi connectivity index (χ1n) is 10.8. The second-order valence-electron chi connectivity index (χ2n) is 11.6. The van der Waals surface area contributed by atoms with Gasteiger partial charge in [-0.05, 0) is 42.7 Å². The van der Waals surface area contributed by atoms with Crippen molar-refractivity contribution in [3.8, 4) is 0 Å². The second kappa shape index (κ2) is 10.5. The zero-order valence-corrected chi connectivity index (χ0v) is 23.1. The minimum atomic E-state index is -1.93. The van der Waals surface area contributed by atoms with E-state index in [4.69, 9.17) is 13.6 Å². The van der Waals surface area contributed by atoms with E-state index >= 15 is 0 Å². The van der Waals surface area contributed by atoms with Crippen LogP contribution in [-0.2, 0) is 13.6 Å². The van der Waals surface area contributed by atoms with Crippen molar-refractivity contribution in [1.29, 1.82) is 0 Å². The lowest BCUT2D eigenvalue weighted by molar-refractivity contribution is -0.0173. The van der Waals surface area contributed by atoms with Gasteiger partial charge in [-0.25, -0.2) is 0 Å². The Hall–Kier alpha value is 0.274. The van der Waals surface area contributed by atoms with E-state index in [9.17, 15) is 5.11 Å². The number of hydrogen-bond acceptors (Lipinski definition) is 4. The third kappa shape index (κ3) is 8.19. The molecular weight excluding hydrogens is 384 g/mol. The van der Waals surface area contributed by atoms with Crippen molar-refractivity contribution in [2.45, 2.75) is 110 Å². The van der Waals surface area contributed by atoms with Gasteiger partial charge in [-0.15, -0.1) is 0 Å². The average Bonchev–Trinajstić information content (AvgIpc) is 2.53. The molecule has 0 radical (unpaired) electrons. The molecule has 0 fully saturated rings. The number of hydrogen-bond donors (Lipinski definition) is 1. The fraction of sp³-hybridized carbons (Fsp3) is 1.00. The summed E-state index contributed by atoms with van der Waals surface area (Å²) in [5, 5.41) is 9.96. The van der Waals surface area contributed by atoms with Gasteiger partial charge in [-0.2, -0.15) is 0 Å². The Morgan fingerprint density at radius 1 is 0.786 bits per heavy atom. The van der Waals surface area contributed by atoms with Crippen LogP contribution in [0.5, 0.6) is 0 Å². The number of rotatable bonds is 11. The summed E-state index contributed by atoms with van der Waals surface area (Å²) < 4.78 is 19.1. The molecule has 0 aliphatic rings. The standard InChI is InChI=1S/C22H50O4Si2/c1-17(15-23)19(24-9)14-20(26-28(12,13)22(6,7)8)18(2)16-25-27(10,11)21(3,4)5/h17-20,23H,14-16H2,1-13H3/t17-,18+,19-,20-/m0/s1. The molecule has 0 aliphatic carbocycles. The van der Waals surface area contributed by atoms with Crippen LogP contribution in [-0.4, -0.2) is 54.3 Å². The maximum absolute atomic E-state index is 9.62. The molecule has 0 saturated carbocycles. The lowest BCUT2D eigenvalue weighted by atomic mass is 9.94. The van der Waals surface area contributed by atoms with Crippen LogP contribution >= 0.6 is 0 Å². The maximum atomic E-state index is 9.62. The van der Waals surface area contributed by atoms with E-state index in [1.807, 2.05) is 6.92 Å². The van der Waals surface area contributed by atoms with Crippen molar-refractivity contribution in [2.24, 2.45) is 11.8 Å². The van der Waals surface area contributed by atoms with Crippen LogP contribution in [0.2, 0.25) is 36.3 Å². The second-order valence-corrected chi connectivity index (χ2v) is 21.2. The largest absolute Gasteiger partial charge is 0.416 e. The normalized spacial score (nSPS) is 18.6. The topological polar surface area (TPSA) is 47.9 Å². The molecule has 0 amide bonds. The first-order chi connectivity index (χ1) is 12.4. The van der Waals surface area contributed by atoms with Crippen molar-refractivity contribution < 1.29 is 18.7 Å². The van der Waals surface area contributed by atoms with E-state index in [0.717, 1.165) is 6.42 Å². The van der Waals surface area contributed by atoms with Crippen LogP contribution in [0, 0.1) is 11.8 Å². The summed E-state index contributed by atoms with van der Waals surface area (Å²) in [7, 11) is -2.00. The average molecular weight is 435 g/mol. The van der Waals surface area contributed by atoms with Gasteiger partial charge in [0.05, 0.1) is 12.2 Å². The summed E-state index contributed by atoms with van der Waals surface area (Å²) in [6, 6.07) is 0. The van der Waals surface area contributed by atoms with Crippen LogP contribution in [0.4, 0.5) is 0 Å². The van der Waals surface area contributed by atoms with Gasteiger partial charge in [0.1, 0.15) is 0 Å². The molecule has 0 heterocycles. The molecule has 0 aromatic rings.